The highest BCUT2D eigenvalue weighted by molar-refractivity contribution is 7.92. The molecule has 0 radical (unpaired) electrons. The first-order chi connectivity index (χ1) is 9.88. The van der Waals surface area contributed by atoms with Crippen molar-refractivity contribution < 1.29 is 12.8 Å². The lowest BCUT2D eigenvalue weighted by Gasteiger charge is -2.15. The van der Waals surface area contributed by atoms with Gasteiger partial charge in [-0.15, -0.1) is 11.6 Å². The summed E-state index contributed by atoms with van der Waals surface area (Å²) in [6.07, 6.45) is 1.31. The topological polar surface area (TPSA) is 52.0 Å². The van der Waals surface area contributed by atoms with Gasteiger partial charge in [-0.25, -0.2) is 17.8 Å². The summed E-state index contributed by atoms with van der Waals surface area (Å²) in [4.78, 5) is 4.41. The Labute approximate surface area is 127 Å². The Morgan fingerprint density at radius 2 is 2.29 bits per heavy atom. The largest absolute Gasteiger partial charge is 0.325 e. The van der Waals surface area contributed by atoms with Crippen molar-refractivity contribution in [3.8, 4) is 0 Å². The number of sulfone groups is 1. The molecular weight excluding hydrogens is 315 g/mol. The third kappa shape index (κ3) is 2.66. The van der Waals surface area contributed by atoms with Crippen LogP contribution in [0.5, 0.6) is 0 Å². The number of imidazole rings is 1. The molecule has 2 atom stereocenters. The molecule has 1 saturated heterocycles. The smallest absolute Gasteiger partial charge is 0.154 e. The summed E-state index contributed by atoms with van der Waals surface area (Å²) >= 11 is 6.15. The summed E-state index contributed by atoms with van der Waals surface area (Å²) in [5.74, 6) is 0.441. The van der Waals surface area contributed by atoms with Crippen LogP contribution in [0.1, 0.15) is 31.0 Å². The van der Waals surface area contributed by atoms with E-state index in [-0.39, 0.29) is 23.5 Å². The van der Waals surface area contributed by atoms with Crippen LogP contribution < -0.4 is 0 Å². The van der Waals surface area contributed by atoms with Crippen LogP contribution in [0.4, 0.5) is 4.39 Å². The molecule has 1 aromatic carbocycles. The molecule has 3 rings (SSSR count). The molecule has 0 amide bonds. The first-order valence-corrected chi connectivity index (χ1v) is 9.05. The second kappa shape index (κ2) is 5.25. The van der Waals surface area contributed by atoms with E-state index < -0.39 is 15.1 Å². The summed E-state index contributed by atoms with van der Waals surface area (Å²) in [5, 5.41) is -0.808. The highest BCUT2D eigenvalue weighted by atomic mass is 35.5. The number of nitrogens with zero attached hydrogens (tertiary/aromatic N) is 2. The third-order valence-electron chi connectivity index (χ3n) is 3.94. The van der Waals surface area contributed by atoms with Crippen molar-refractivity contribution in [2.45, 2.75) is 36.9 Å². The van der Waals surface area contributed by atoms with Gasteiger partial charge >= 0.3 is 0 Å². The third-order valence-corrected chi connectivity index (χ3v) is 6.40. The number of halogens is 2. The van der Waals surface area contributed by atoms with Gasteiger partial charge in [0.15, 0.2) is 9.84 Å². The van der Waals surface area contributed by atoms with Crippen LogP contribution in [-0.2, 0) is 16.4 Å². The van der Waals surface area contributed by atoms with Crippen LogP contribution in [0.15, 0.2) is 18.2 Å². The van der Waals surface area contributed by atoms with Crippen LogP contribution >= 0.6 is 11.6 Å². The van der Waals surface area contributed by atoms with Crippen molar-refractivity contribution in [1.29, 1.82) is 0 Å². The average molecular weight is 331 g/mol. The zero-order chi connectivity index (χ0) is 15.2. The van der Waals surface area contributed by atoms with E-state index in [1.54, 1.807) is 17.6 Å². The highest BCUT2D eigenvalue weighted by Crippen LogP contribution is 2.29. The second-order valence-corrected chi connectivity index (χ2v) is 8.52. The Hall–Kier alpha value is -1.14. The quantitative estimate of drug-likeness (QED) is 0.813. The van der Waals surface area contributed by atoms with Gasteiger partial charge in [-0.2, -0.15) is 0 Å². The lowest BCUT2D eigenvalue weighted by Crippen LogP contribution is -2.23. The molecule has 0 N–H and O–H groups in total. The standard InChI is InChI=1S/C14H16ClFN2O2S/c1-9(15)14-17-12-5-4-10(16)7-13(12)18(14)8-11-3-2-6-21(11,19)20/h4-5,7,9,11H,2-3,6,8H2,1H3. The molecule has 1 aliphatic rings. The molecule has 21 heavy (non-hydrogen) atoms. The fourth-order valence-corrected chi connectivity index (χ4v) is 4.85. The minimum Gasteiger partial charge on any atom is -0.325 e. The van der Waals surface area contributed by atoms with Crippen molar-refractivity contribution in [3.05, 3.63) is 29.8 Å². The van der Waals surface area contributed by atoms with Gasteiger partial charge in [-0.3, -0.25) is 0 Å². The Kier molecular flexibility index (Phi) is 3.69. The summed E-state index contributed by atoms with van der Waals surface area (Å²) in [7, 11) is -3.07. The van der Waals surface area contributed by atoms with E-state index in [1.807, 2.05) is 0 Å². The molecule has 0 aliphatic carbocycles. The molecule has 114 valence electrons. The molecule has 0 bridgehead atoms. The molecule has 7 heteroatoms. The van der Waals surface area contributed by atoms with Gasteiger partial charge in [0.2, 0.25) is 0 Å². The molecule has 1 fully saturated rings. The maximum absolute atomic E-state index is 13.5. The predicted molar refractivity (Wildman–Crippen MR) is 80.8 cm³/mol. The van der Waals surface area contributed by atoms with Gasteiger partial charge in [0.05, 0.1) is 27.4 Å². The van der Waals surface area contributed by atoms with Gasteiger partial charge in [0.1, 0.15) is 11.6 Å². The molecular formula is C14H16ClFN2O2S. The zero-order valence-corrected chi connectivity index (χ0v) is 13.2. The van der Waals surface area contributed by atoms with Crippen LogP contribution in [-0.4, -0.2) is 29.0 Å². The van der Waals surface area contributed by atoms with Gasteiger partial charge < -0.3 is 4.57 Å². The summed E-state index contributed by atoms with van der Waals surface area (Å²) in [5.41, 5.74) is 1.23. The van der Waals surface area contributed by atoms with Crippen molar-refractivity contribution in [3.63, 3.8) is 0 Å². The minimum atomic E-state index is -3.07. The highest BCUT2D eigenvalue weighted by Gasteiger charge is 2.32. The van der Waals surface area contributed by atoms with E-state index in [1.165, 1.54) is 12.1 Å². The number of benzene rings is 1. The van der Waals surface area contributed by atoms with E-state index >= 15 is 0 Å². The maximum Gasteiger partial charge on any atom is 0.154 e. The number of fused-ring (bicyclic) bond motifs is 1. The lowest BCUT2D eigenvalue weighted by atomic mass is 10.2. The SMILES string of the molecule is CC(Cl)c1nc2ccc(F)cc2n1CC1CCCS1(=O)=O. The van der Waals surface area contributed by atoms with Crippen LogP contribution in [0.25, 0.3) is 11.0 Å². The summed E-state index contributed by atoms with van der Waals surface area (Å²) in [6.45, 7) is 2.06. The molecule has 4 nitrogen and oxygen atoms in total. The van der Waals surface area contributed by atoms with Crippen molar-refractivity contribution >= 4 is 32.5 Å². The molecule has 0 spiro atoms. The second-order valence-electron chi connectivity index (χ2n) is 5.46. The van der Waals surface area contributed by atoms with Crippen molar-refractivity contribution in [2.24, 2.45) is 0 Å². The number of aromatic nitrogens is 2. The number of alkyl halides is 1. The van der Waals surface area contributed by atoms with Crippen LogP contribution in [0.2, 0.25) is 0 Å². The van der Waals surface area contributed by atoms with Gasteiger partial charge in [-0.05, 0) is 38.0 Å². The van der Waals surface area contributed by atoms with E-state index in [2.05, 4.69) is 4.98 Å². The Bertz CT molecular complexity index is 786. The normalized spacial score (nSPS) is 22.7. The van der Waals surface area contributed by atoms with E-state index in [4.69, 9.17) is 11.6 Å². The Morgan fingerprint density at radius 1 is 1.52 bits per heavy atom. The van der Waals surface area contributed by atoms with Gasteiger partial charge in [0, 0.05) is 6.54 Å². The van der Waals surface area contributed by atoms with E-state index in [9.17, 15) is 12.8 Å². The lowest BCUT2D eigenvalue weighted by molar-refractivity contribution is 0.562. The van der Waals surface area contributed by atoms with Crippen molar-refractivity contribution in [2.75, 3.05) is 5.75 Å². The maximum atomic E-state index is 13.5. The fourth-order valence-electron chi connectivity index (χ4n) is 2.88. The Balaban J connectivity index is 2.11. The Morgan fingerprint density at radius 3 is 2.90 bits per heavy atom. The molecule has 2 heterocycles. The summed E-state index contributed by atoms with van der Waals surface area (Å²) < 4.78 is 39.3. The average Bonchev–Trinajstić information content (AvgIpc) is 2.91. The van der Waals surface area contributed by atoms with E-state index in [0.29, 0.717) is 29.7 Å². The number of hydrogen-bond acceptors (Lipinski definition) is 3. The van der Waals surface area contributed by atoms with Gasteiger partial charge in [-0.1, -0.05) is 0 Å². The number of hydrogen-bond donors (Lipinski definition) is 0. The molecule has 2 aromatic rings. The predicted octanol–water partition coefficient (Wildman–Crippen LogP) is 3.05. The fraction of sp³-hybridized carbons (Fsp3) is 0.500. The zero-order valence-electron chi connectivity index (χ0n) is 11.6. The molecule has 0 saturated carbocycles. The van der Waals surface area contributed by atoms with Crippen LogP contribution in [0.3, 0.4) is 0 Å². The molecule has 1 aromatic heterocycles. The number of rotatable bonds is 3. The molecule has 2 unspecified atom stereocenters. The summed E-state index contributed by atoms with van der Waals surface area (Å²) in [6, 6.07) is 4.31. The first kappa shape index (κ1) is 14.8. The van der Waals surface area contributed by atoms with Gasteiger partial charge in [0.25, 0.3) is 0 Å². The minimum absolute atomic E-state index is 0.227. The van der Waals surface area contributed by atoms with Crippen molar-refractivity contribution in [1.82, 2.24) is 9.55 Å². The molecule has 1 aliphatic heterocycles. The van der Waals surface area contributed by atoms with E-state index in [0.717, 1.165) is 0 Å². The monoisotopic (exact) mass is 330 g/mol. The van der Waals surface area contributed by atoms with Crippen LogP contribution in [0, 0.1) is 5.82 Å². The first-order valence-electron chi connectivity index (χ1n) is 6.90.